The van der Waals surface area contributed by atoms with Crippen LogP contribution in [0, 0.1) is 0 Å². The lowest BCUT2D eigenvalue weighted by molar-refractivity contribution is -0.137. The van der Waals surface area contributed by atoms with E-state index in [1.54, 1.807) is 6.92 Å². The third-order valence-electron chi connectivity index (χ3n) is 4.03. The van der Waals surface area contributed by atoms with E-state index in [9.17, 15) is 9.90 Å². The Bertz CT molecular complexity index is 239. The van der Waals surface area contributed by atoms with E-state index in [0.29, 0.717) is 12.8 Å². The van der Waals surface area contributed by atoms with Crippen LogP contribution >= 0.6 is 0 Å². The van der Waals surface area contributed by atoms with Crippen molar-refractivity contribution in [1.29, 1.82) is 0 Å². The van der Waals surface area contributed by atoms with Gasteiger partial charge in [0, 0.05) is 6.42 Å². The van der Waals surface area contributed by atoms with Gasteiger partial charge >= 0.3 is 0 Å². The van der Waals surface area contributed by atoms with Gasteiger partial charge in [-0.2, -0.15) is 0 Å². The van der Waals surface area contributed by atoms with Crippen molar-refractivity contribution >= 4 is 5.78 Å². The van der Waals surface area contributed by atoms with E-state index in [1.165, 1.54) is 57.8 Å². The molecule has 3 heteroatoms. The third-order valence-corrected chi connectivity index (χ3v) is 4.03. The van der Waals surface area contributed by atoms with Crippen LogP contribution in [-0.2, 0) is 4.79 Å². The minimum Gasteiger partial charge on any atom is -0.369 e. The number of carbonyl (C=O) groups excluding carboxylic acids is 1. The second kappa shape index (κ2) is 12.3. The van der Waals surface area contributed by atoms with Gasteiger partial charge in [-0.05, 0) is 12.8 Å². The smallest absolute Gasteiger partial charge is 0.179 e. The molecule has 0 aromatic rings. The lowest BCUT2D eigenvalue weighted by Gasteiger charge is -2.19. The predicted molar refractivity (Wildman–Crippen MR) is 85.5 cm³/mol. The summed E-state index contributed by atoms with van der Waals surface area (Å²) >= 11 is 0. The van der Waals surface area contributed by atoms with Crippen molar-refractivity contribution in [2.75, 3.05) is 0 Å². The molecule has 1 atom stereocenters. The van der Waals surface area contributed by atoms with Gasteiger partial charge in [0.2, 0.25) is 0 Å². The number of aliphatic hydroxyl groups is 1. The molecule has 0 bridgehead atoms. The van der Waals surface area contributed by atoms with Gasteiger partial charge in [-0.3, -0.25) is 10.5 Å². The first kappa shape index (κ1) is 19.6. The highest BCUT2D eigenvalue weighted by molar-refractivity contribution is 5.86. The second-order valence-corrected chi connectivity index (χ2v) is 5.99. The topological polar surface area (TPSA) is 63.3 Å². The Balaban J connectivity index is 3.27. The van der Waals surface area contributed by atoms with E-state index in [4.69, 9.17) is 5.73 Å². The molecular weight excluding hydrogens is 250 g/mol. The summed E-state index contributed by atoms with van der Waals surface area (Å²) in [6.45, 7) is 3.98. The van der Waals surface area contributed by atoms with E-state index in [0.717, 1.165) is 12.8 Å². The number of nitrogens with two attached hydrogens (primary N) is 1. The van der Waals surface area contributed by atoms with Crippen LogP contribution in [-0.4, -0.2) is 16.6 Å². The molecule has 0 aliphatic rings. The molecule has 0 aliphatic heterocycles. The van der Waals surface area contributed by atoms with Gasteiger partial charge in [-0.1, -0.05) is 78.1 Å². The summed E-state index contributed by atoms with van der Waals surface area (Å²) < 4.78 is 0. The van der Waals surface area contributed by atoms with Crippen molar-refractivity contribution in [3.63, 3.8) is 0 Å². The fraction of sp³-hybridized carbons (Fsp3) is 0.941. The molecule has 0 radical (unpaired) electrons. The summed E-state index contributed by atoms with van der Waals surface area (Å²) in [4.78, 5) is 11.6. The zero-order valence-electron chi connectivity index (χ0n) is 13.6. The highest BCUT2D eigenvalue weighted by atomic mass is 16.3. The summed E-state index contributed by atoms with van der Waals surface area (Å²) in [5.41, 5.74) is 3.90. The van der Waals surface area contributed by atoms with E-state index < -0.39 is 5.72 Å². The molecule has 0 saturated heterocycles. The Morgan fingerprint density at radius 1 is 0.850 bits per heavy atom. The molecular formula is C17H35NO2. The van der Waals surface area contributed by atoms with Gasteiger partial charge in [-0.25, -0.2) is 0 Å². The minimum atomic E-state index is -1.60. The Labute approximate surface area is 125 Å². The molecule has 0 spiro atoms. The summed E-state index contributed by atoms with van der Waals surface area (Å²) in [7, 11) is 0. The summed E-state index contributed by atoms with van der Waals surface area (Å²) in [5, 5.41) is 9.58. The van der Waals surface area contributed by atoms with Crippen LogP contribution in [0.5, 0.6) is 0 Å². The van der Waals surface area contributed by atoms with Crippen LogP contribution in [0.15, 0.2) is 0 Å². The van der Waals surface area contributed by atoms with Gasteiger partial charge in [0.15, 0.2) is 11.5 Å². The van der Waals surface area contributed by atoms with E-state index in [2.05, 4.69) is 6.92 Å². The number of unbranched alkanes of at least 4 members (excludes halogenated alkanes) is 10. The molecule has 0 aliphatic carbocycles. The maximum atomic E-state index is 11.6. The fourth-order valence-corrected chi connectivity index (χ4v) is 2.36. The summed E-state index contributed by atoms with van der Waals surface area (Å²) in [6, 6.07) is 0. The number of ketones is 1. The quantitative estimate of drug-likeness (QED) is 0.369. The average molecular weight is 285 g/mol. The number of carbonyl (C=O) groups is 1. The van der Waals surface area contributed by atoms with Crippen LogP contribution in [0.1, 0.15) is 97.3 Å². The highest BCUT2D eigenvalue weighted by Crippen LogP contribution is 2.13. The lowest BCUT2D eigenvalue weighted by Crippen LogP contribution is -2.47. The monoisotopic (exact) mass is 285 g/mol. The average Bonchev–Trinajstić information content (AvgIpc) is 2.44. The standard InChI is InChI=1S/C17H35NO2/c1-3-5-6-7-8-9-10-11-12-13-14-15-16(19)17(18,20)4-2/h20H,3-15,18H2,1-2H3. The molecule has 1 unspecified atom stereocenters. The highest BCUT2D eigenvalue weighted by Gasteiger charge is 2.27. The SMILES string of the molecule is CCCCCCCCCCCCCC(=O)C(N)(O)CC. The maximum Gasteiger partial charge on any atom is 0.179 e. The first-order valence-electron chi connectivity index (χ1n) is 8.59. The van der Waals surface area contributed by atoms with Gasteiger partial charge < -0.3 is 5.11 Å². The third kappa shape index (κ3) is 10.4. The molecule has 120 valence electrons. The van der Waals surface area contributed by atoms with Crippen LogP contribution in [0.4, 0.5) is 0 Å². The molecule has 0 amide bonds. The molecule has 3 N–H and O–H groups in total. The van der Waals surface area contributed by atoms with Gasteiger partial charge in [0.25, 0.3) is 0 Å². The van der Waals surface area contributed by atoms with Gasteiger partial charge in [-0.15, -0.1) is 0 Å². The fourth-order valence-electron chi connectivity index (χ4n) is 2.36. The minimum absolute atomic E-state index is 0.212. The van der Waals surface area contributed by atoms with Gasteiger partial charge in [0.1, 0.15) is 0 Å². The van der Waals surface area contributed by atoms with Crippen LogP contribution in [0.3, 0.4) is 0 Å². The zero-order chi connectivity index (χ0) is 15.3. The lowest BCUT2D eigenvalue weighted by atomic mass is 10.00. The van der Waals surface area contributed by atoms with Gasteiger partial charge in [0.05, 0.1) is 0 Å². The largest absolute Gasteiger partial charge is 0.369 e. The first-order valence-corrected chi connectivity index (χ1v) is 8.59. The number of rotatable bonds is 14. The van der Waals surface area contributed by atoms with E-state index in [-0.39, 0.29) is 5.78 Å². The number of hydrogen-bond donors (Lipinski definition) is 2. The zero-order valence-corrected chi connectivity index (χ0v) is 13.6. The maximum absolute atomic E-state index is 11.6. The molecule has 0 rings (SSSR count). The summed E-state index contributed by atoms with van der Waals surface area (Å²) in [6.07, 6.45) is 14.6. The Hall–Kier alpha value is -0.410. The molecule has 0 aromatic heterocycles. The molecule has 20 heavy (non-hydrogen) atoms. The second-order valence-electron chi connectivity index (χ2n) is 5.99. The van der Waals surface area contributed by atoms with E-state index in [1.807, 2.05) is 0 Å². The Morgan fingerprint density at radius 2 is 1.25 bits per heavy atom. The Kier molecular flexibility index (Phi) is 12.1. The molecule has 3 nitrogen and oxygen atoms in total. The van der Waals surface area contributed by atoms with Crippen molar-refractivity contribution in [2.45, 2.75) is 103 Å². The molecule has 0 heterocycles. The van der Waals surface area contributed by atoms with Crippen molar-refractivity contribution in [1.82, 2.24) is 0 Å². The Morgan fingerprint density at radius 3 is 1.65 bits per heavy atom. The normalized spacial score (nSPS) is 14.2. The molecule has 0 fully saturated rings. The molecule has 0 aromatic carbocycles. The first-order chi connectivity index (χ1) is 9.54. The summed E-state index contributed by atoms with van der Waals surface area (Å²) in [5.74, 6) is -0.212. The number of hydrogen-bond acceptors (Lipinski definition) is 3. The van der Waals surface area contributed by atoms with Crippen LogP contribution in [0.2, 0.25) is 0 Å². The predicted octanol–water partition coefficient (Wildman–Crippen LogP) is 4.31. The van der Waals surface area contributed by atoms with E-state index >= 15 is 0 Å². The van der Waals surface area contributed by atoms with Crippen molar-refractivity contribution < 1.29 is 9.90 Å². The van der Waals surface area contributed by atoms with Crippen LogP contribution < -0.4 is 5.73 Å². The van der Waals surface area contributed by atoms with Crippen molar-refractivity contribution in [2.24, 2.45) is 5.73 Å². The molecule has 0 saturated carbocycles. The van der Waals surface area contributed by atoms with Crippen molar-refractivity contribution in [3.05, 3.63) is 0 Å². The van der Waals surface area contributed by atoms with Crippen molar-refractivity contribution in [3.8, 4) is 0 Å². The number of Topliss-reactive ketones (excluding diaryl/α,β-unsaturated/α-hetero) is 1. The van der Waals surface area contributed by atoms with Crippen LogP contribution in [0.25, 0.3) is 0 Å².